The van der Waals surface area contributed by atoms with Crippen molar-refractivity contribution in [2.45, 2.75) is 26.5 Å². The van der Waals surface area contributed by atoms with Gasteiger partial charge >= 0.3 is 0 Å². The van der Waals surface area contributed by atoms with Gasteiger partial charge in [0.05, 0.1) is 18.8 Å². The zero-order chi connectivity index (χ0) is 10.8. The Hall–Kier alpha value is -1.69. The molecule has 1 atom stereocenters. The summed E-state index contributed by atoms with van der Waals surface area (Å²) in [6.07, 6.45) is 2.49. The second-order valence-corrected chi connectivity index (χ2v) is 3.37. The molecule has 0 aliphatic heterocycles. The average Bonchev–Trinajstić information content (AvgIpc) is 2.77. The molecule has 6 nitrogen and oxygen atoms in total. The number of hydrogen-bond acceptors (Lipinski definition) is 5. The summed E-state index contributed by atoms with van der Waals surface area (Å²) in [5, 5.41) is 17.0. The highest BCUT2D eigenvalue weighted by atomic mass is 16.3. The number of hydrogen-bond donors (Lipinski definition) is 1. The third-order valence-corrected chi connectivity index (χ3v) is 2.14. The lowest BCUT2D eigenvalue weighted by Crippen LogP contribution is -2.01. The molecule has 0 fully saturated rings. The summed E-state index contributed by atoms with van der Waals surface area (Å²) in [7, 11) is 0. The van der Waals surface area contributed by atoms with Crippen LogP contribution >= 0.6 is 0 Å². The lowest BCUT2D eigenvalue weighted by Gasteiger charge is -1.97. The van der Waals surface area contributed by atoms with Crippen molar-refractivity contribution in [1.82, 2.24) is 20.0 Å². The second-order valence-electron chi connectivity index (χ2n) is 3.37. The Balaban J connectivity index is 2.15. The SMILES string of the molecule is Cc1ocnc1Cn1cc(C(C)O)nn1. The lowest BCUT2D eigenvalue weighted by atomic mass is 10.3. The summed E-state index contributed by atoms with van der Waals surface area (Å²) in [5.74, 6) is 0.768. The first-order valence-corrected chi connectivity index (χ1v) is 4.64. The molecule has 80 valence electrons. The molecular weight excluding hydrogens is 196 g/mol. The van der Waals surface area contributed by atoms with Gasteiger partial charge in [-0.1, -0.05) is 5.21 Å². The molecule has 0 saturated carbocycles. The summed E-state index contributed by atoms with van der Waals surface area (Å²) in [6.45, 7) is 3.99. The third kappa shape index (κ3) is 2.04. The molecular formula is C9H12N4O2. The molecule has 2 rings (SSSR count). The number of aryl methyl sites for hydroxylation is 1. The third-order valence-electron chi connectivity index (χ3n) is 2.14. The first kappa shape index (κ1) is 9.85. The van der Waals surface area contributed by atoms with E-state index >= 15 is 0 Å². The van der Waals surface area contributed by atoms with E-state index in [2.05, 4.69) is 15.3 Å². The Morgan fingerprint density at radius 2 is 2.40 bits per heavy atom. The molecule has 0 aliphatic carbocycles. The van der Waals surface area contributed by atoms with Crippen molar-refractivity contribution in [1.29, 1.82) is 0 Å². The Morgan fingerprint density at radius 1 is 1.60 bits per heavy atom. The predicted octanol–water partition coefficient (Wildman–Crippen LogP) is 0.676. The fourth-order valence-corrected chi connectivity index (χ4v) is 1.22. The van der Waals surface area contributed by atoms with Crippen LogP contribution in [0.15, 0.2) is 17.0 Å². The Kier molecular flexibility index (Phi) is 2.51. The zero-order valence-electron chi connectivity index (χ0n) is 8.58. The molecule has 0 spiro atoms. The van der Waals surface area contributed by atoms with E-state index in [0.29, 0.717) is 12.2 Å². The van der Waals surface area contributed by atoms with E-state index in [1.807, 2.05) is 6.92 Å². The van der Waals surface area contributed by atoms with Crippen LogP contribution in [0.25, 0.3) is 0 Å². The van der Waals surface area contributed by atoms with Gasteiger partial charge in [-0.2, -0.15) is 0 Å². The largest absolute Gasteiger partial charge is 0.448 e. The number of aliphatic hydroxyl groups is 1. The molecule has 15 heavy (non-hydrogen) atoms. The Labute approximate surface area is 86.6 Å². The highest BCUT2D eigenvalue weighted by molar-refractivity contribution is 5.06. The number of aliphatic hydroxyl groups excluding tert-OH is 1. The molecule has 0 aliphatic rings. The molecule has 0 amide bonds. The fourth-order valence-electron chi connectivity index (χ4n) is 1.22. The second kappa shape index (κ2) is 3.82. The molecule has 0 aromatic carbocycles. The van der Waals surface area contributed by atoms with Crippen molar-refractivity contribution >= 4 is 0 Å². The molecule has 2 heterocycles. The normalized spacial score (nSPS) is 13.0. The van der Waals surface area contributed by atoms with Gasteiger partial charge in [0, 0.05) is 0 Å². The summed E-state index contributed by atoms with van der Waals surface area (Å²) in [5.41, 5.74) is 1.37. The van der Waals surface area contributed by atoms with E-state index in [1.54, 1.807) is 17.8 Å². The molecule has 0 saturated heterocycles. The highest BCUT2D eigenvalue weighted by Gasteiger charge is 2.09. The van der Waals surface area contributed by atoms with Gasteiger partial charge in [0.25, 0.3) is 0 Å². The number of rotatable bonds is 3. The van der Waals surface area contributed by atoms with E-state index in [4.69, 9.17) is 4.42 Å². The van der Waals surface area contributed by atoms with Crippen LogP contribution in [0.4, 0.5) is 0 Å². The van der Waals surface area contributed by atoms with Gasteiger partial charge in [-0.05, 0) is 13.8 Å². The van der Waals surface area contributed by atoms with Crippen LogP contribution in [0.2, 0.25) is 0 Å². The van der Waals surface area contributed by atoms with Crippen molar-refractivity contribution in [2.75, 3.05) is 0 Å². The van der Waals surface area contributed by atoms with Crippen LogP contribution in [-0.4, -0.2) is 25.1 Å². The first-order valence-electron chi connectivity index (χ1n) is 4.64. The van der Waals surface area contributed by atoms with Gasteiger partial charge < -0.3 is 9.52 Å². The monoisotopic (exact) mass is 208 g/mol. The predicted molar refractivity (Wildman–Crippen MR) is 51.0 cm³/mol. The first-order chi connectivity index (χ1) is 7.16. The van der Waals surface area contributed by atoms with Crippen LogP contribution < -0.4 is 0 Å². The van der Waals surface area contributed by atoms with Gasteiger partial charge in [0.15, 0.2) is 6.39 Å². The summed E-state index contributed by atoms with van der Waals surface area (Å²) >= 11 is 0. The van der Waals surface area contributed by atoms with Crippen molar-refractivity contribution < 1.29 is 9.52 Å². The maximum Gasteiger partial charge on any atom is 0.181 e. The van der Waals surface area contributed by atoms with Crippen molar-refractivity contribution in [2.24, 2.45) is 0 Å². The molecule has 1 unspecified atom stereocenters. The van der Waals surface area contributed by atoms with Crippen molar-refractivity contribution in [3.8, 4) is 0 Å². The minimum atomic E-state index is -0.600. The number of oxazole rings is 1. The van der Waals surface area contributed by atoms with Crippen LogP contribution in [-0.2, 0) is 6.54 Å². The van der Waals surface area contributed by atoms with E-state index in [-0.39, 0.29) is 0 Å². The minimum absolute atomic E-state index is 0.502. The van der Waals surface area contributed by atoms with Crippen LogP contribution in [0.5, 0.6) is 0 Å². The molecule has 1 N–H and O–H groups in total. The van der Waals surface area contributed by atoms with Gasteiger partial charge in [-0.3, -0.25) is 0 Å². The maximum absolute atomic E-state index is 9.27. The van der Waals surface area contributed by atoms with E-state index in [0.717, 1.165) is 11.5 Å². The van der Waals surface area contributed by atoms with E-state index < -0.39 is 6.10 Å². The quantitative estimate of drug-likeness (QED) is 0.802. The smallest absolute Gasteiger partial charge is 0.181 e. The van der Waals surface area contributed by atoms with Gasteiger partial charge in [0.2, 0.25) is 0 Å². The topological polar surface area (TPSA) is 77.0 Å². The Morgan fingerprint density at radius 3 is 2.93 bits per heavy atom. The number of nitrogens with zero attached hydrogens (tertiary/aromatic N) is 4. The van der Waals surface area contributed by atoms with Gasteiger partial charge in [-0.15, -0.1) is 5.10 Å². The maximum atomic E-state index is 9.27. The van der Waals surface area contributed by atoms with E-state index in [9.17, 15) is 5.11 Å². The summed E-state index contributed by atoms with van der Waals surface area (Å²) < 4.78 is 6.69. The molecule has 0 bridgehead atoms. The van der Waals surface area contributed by atoms with Crippen molar-refractivity contribution in [3.05, 3.63) is 29.7 Å². The molecule has 0 radical (unpaired) electrons. The van der Waals surface area contributed by atoms with Crippen molar-refractivity contribution in [3.63, 3.8) is 0 Å². The van der Waals surface area contributed by atoms with Gasteiger partial charge in [-0.25, -0.2) is 9.67 Å². The molecule has 2 aromatic heterocycles. The standard InChI is InChI=1S/C9H12N4O2/c1-6(14)8-3-13(12-11-8)4-9-7(2)15-5-10-9/h3,5-6,14H,4H2,1-2H3. The van der Waals surface area contributed by atoms with E-state index in [1.165, 1.54) is 6.39 Å². The summed E-state index contributed by atoms with van der Waals surface area (Å²) in [6, 6.07) is 0. The molecule has 6 heteroatoms. The average molecular weight is 208 g/mol. The molecule has 2 aromatic rings. The zero-order valence-corrected chi connectivity index (χ0v) is 8.58. The highest BCUT2D eigenvalue weighted by Crippen LogP contribution is 2.09. The Bertz CT molecular complexity index is 446. The number of aromatic nitrogens is 4. The fraction of sp³-hybridized carbons (Fsp3) is 0.444. The lowest BCUT2D eigenvalue weighted by molar-refractivity contribution is 0.194. The van der Waals surface area contributed by atoms with Crippen LogP contribution in [0, 0.1) is 6.92 Å². The minimum Gasteiger partial charge on any atom is -0.448 e. The van der Waals surface area contributed by atoms with Crippen LogP contribution in [0.3, 0.4) is 0 Å². The van der Waals surface area contributed by atoms with Gasteiger partial charge in [0.1, 0.15) is 17.1 Å². The summed E-state index contributed by atoms with van der Waals surface area (Å²) in [4.78, 5) is 4.05. The van der Waals surface area contributed by atoms with Crippen LogP contribution in [0.1, 0.15) is 30.2 Å².